The molecule has 4 N–H and O–H groups in total. The van der Waals surface area contributed by atoms with Crippen molar-refractivity contribution in [2.75, 3.05) is 5.32 Å². The van der Waals surface area contributed by atoms with Crippen LogP contribution in [0.2, 0.25) is 0 Å². The summed E-state index contributed by atoms with van der Waals surface area (Å²) >= 11 is 6.64. The summed E-state index contributed by atoms with van der Waals surface area (Å²) in [7, 11) is 0. The Morgan fingerprint density at radius 3 is 2.58 bits per heavy atom. The number of nitro groups is 1. The number of primary amides is 1. The SMILES string of the molecule is CC(C)(C)[C@@H]1CCc2c(sc(NC(=S)NC(=O)c3ccccc3[N+](=O)[O-])c2C(N)=O)C1. The van der Waals surface area contributed by atoms with Crippen LogP contribution in [0.25, 0.3) is 0 Å². The van der Waals surface area contributed by atoms with Gasteiger partial charge in [0.25, 0.3) is 17.5 Å². The van der Waals surface area contributed by atoms with Crippen molar-refractivity contribution in [3.63, 3.8) is 0 Å². The van der Waals surface area contributed by atoms with Gasteiger partial charge in [0.05, 0.1) is 10.5 Å². The first kappa shape index (κ1) is 22.8. The molecule has 0 bridgehead atoms. The minimum absolute atomic E-state index is 0.0587. The van der Waals surface area contributed by atoms with Crippen molar-refractivity contribution in [1.29, 1.82) is 0 Å². The van der Waals surface area contributed by atoms with Crippen LogP contribution in [-0.2, 0) is 12.8 Å². The highest BCUT2D eigenvalue weighted by molar-refractivity contribution is 7.80. The first-order chi connectivity index (χ1) is 14.5. The molecule has 0 aliphatic heterocycles. The smallest absolute Gasteiger partial charge is 0.282 e. The Morgan fingerprint density at radius 2 is 1.97 bits per heavy atom. The van der Waals surface area contributed by atoms with Crippen LogP contribution >= 0.6 is 23.6 Å². The number of nitrogens with two attached hydrogens (primary N) is 1. The number of hydrogen-bond donors (Lipinski definition) is 3. The quantitative estimate of drug-likeness (QED) is 0.359. The normalized spacial score (nSPS) is 15.6. The van der Waals surface area contributed by atoms with Gasteiger partial charge in [0.15, 0.2) is 5.11 Å². The lowest BCUT2D eigenvalue weighted by atomic mass is 9.72. The van der Waals surface area contributed by atoms with Crippen LogP contribution in [0.3, 0.4) is 0 Å². The number of nitrogens with zero attached hydrogens (tertiary/aromatic N) is 1. The molecule has 10 heteroatoms. The number of para-hydroxylation sites is 1. The fourth-order valence-corrected chi connectivity index (χ4v) is 5.40. The van der Waals surface area contributed by atoms with E-state index in [1.165, 1.54) is 35.6 Å². The van der Waals surface area contributed by atoms with Crippen molar-refractivity contribution in [3.8, 4) is 0 Å². The maximum Gasteiger partial charge on any atom is 0.282 e. The molecular weight excluding hydrogens is 436 g/mol. The molecule has 1 aromatic heterocycles. The topological polar surface area (TPSA) is 127 Å². The van der Waals surface area contributed by atoms with Gasteiger partial charge >= 0.3 is 0 Å². The molecule has 0 unspecified atom stereocenters. The average molecular weight is 461 g/mol. The molecule has 0 spiro atoms. The molecule has 0 radical (unpaired) electrons. The summed E-state index contributed by atoms with van der Waals surface area (Å²) in [6, 6.07) is 5.60. The Labute approximate surface area is 189 Å². The van der Waals surface area contributed by atoms with Gasteiger partial charge in [0, 0.05) is 10.9 Å². The van der Waals surface area contributed by atoms with E-state index in [1.54, 1.807) is 0 Å². The number of benzene rings is 1. The summed E-state index contributed by atoms with van der Waals surface area (Å²) in [6.45, 7) is 6.62. The third-order valence-electron chi connectivity index (χ3n) is 5.54. The van der Waals surface area contributed by atoms with E-state index in [1.807, 2.05) is 0 Å². The summed E-state index contributed by atoms with van der Waals surface area (Å²) in [5, 5.41) is 16.9. The number of nitrogens with one attached hydrogen (secondary N) is 2. The van der Waals surface area contributed by atoms with Gasteiger partial charge in [-0.1, -0.05) is 32.9 Å². The molecule has 164 valence electrons. The minimum Gasteiger partial charge on any atom is -0.365 e. The number of anilines is 1. The van der Waals surface area contributed by atoms with Crippen molar-refractivity contribution in [2.45, 2.75) is 40.0 Å². The minimum atomic E-state index is -0.709. The number of carbonyl (C=O) groups excluding carboxylic acids is 2. The predicted octanol–water partition coefficient (Wildman–Crippen LogP) is 4.03. The largest absolute Gasteiger partial charge is 0.365 e. The number of fused-ring (bicyclic) bond motifs is 1. The van der Waals surface area contributed by atoms with Gasteiger partial charge in [0.1, 0.15) is 10.6 Å². The number of rotatable bonds is 4. The summed E-state index contributed by atoms with van der Waals surface area (Å²) in [4.78, 5) is 36.3. The molecule has 8 nitrogen and oxygen atoms in total. The maximum absolute atomic E-state index is 12.5. The van der Waals surface area contributed by atoms with Gasteiger partial charge < -0.3 is 11.1 Å². The summed E-state index contributed by atoms with van der Waals surface area (Å²) in [6.07, 6.45) is 2.57. The summed E-state index contributed by atoms with van der Waals surface area (Å²) in [5.41, 5.74) is 6.71. The maximum atomic E-state index is 12.5. The van der Waals surface area contributed by atoms with Crippen molar-refractivity contribution < 1.29 is 14.5 Å². The van der Waals surface area contributed by atoms with E-state index in [0.29, 0.717) is 16.5 Å². The standard InChI is InChI=1S/C21H24N4O4S2/c1-21(2,3)11-8-9-13-15(10-11)31-19(16(13)17(22)26)24-20(30)23-18(27)12-6-4-5-7-14(12)25(28)29/h4-7,11H,8-10H2,1-3H3,(H2,22,26)(H2,23,24,27,30)/t11-/m1/s1. The van der Waals surface area contributed by atoms with Crippen molar-refractivity contribution in [2.24, 2.45) is 17.1 Å². The van der Waals surface area contributed by atoms with Crippen molar-refractivity contribution >= 4 is 51.2 Å². The first-order valence-electron chi connectivity index (χ1n) is 9.79. The molecule has 1 heterocycles. The van der Waals surface area contributed by atoms with Crippen LogP contribution in [0.1, 0.15) is 58.3 Å². The molecule has 0 saturated heterocycles. The van der Waals surface area contributed by atoms with E-state index in [-0.39, 0.29) is 21.8 Å². The fourth-order valence-electron chi connectivity index (χ4n) is 3.80. The van der Waals surface area contributed by atoms with Gasteiger partial charge in [-0.15, -0.1) is 11.3 Å². The number of thiocarbonyl (C=S) groups is 1. The van der Waals surface area contributed by atoms with Gasteiger partial charge in [-0.3, -0.25) is 25.0 Å². The summed E-state index contributed by atoms with van der Waals surface area (Å²) < 4.78 is 0. The zero-order chi connectivity index (χ0) is 22.9. The molecule has 0 saturated carbocycles. The number of carbonyl (C=O) groups is 2. The highest BCUT2D eigenvalue weighted by Gasteiger charge is 2.33. The van der Waals surface area contributed by atoms with E-state index >= 15 is 0 Å². The highest BCUT2D eigenvalue weighted by atomic mass is 32.1. The second-order valence-electron chi connectivity index (χ2n) is 8.56. The Bertz CT molecular complexity index is 1070. The van der Waals surface area contributed by atoms with Crippen LogP contribution < -0.4 is 16.4 Å². The van der Waals surface area contributed by atoms with E-state index in [2.05, 4.69) is 31.4 Å². The first-order valence-corrected chi connectivity index (χ1v) is 11.0. The zero-order valence-corrected chi connectivity index (χ0v) is 19.1. The monoisotopic (exact) mass is 460 g/mol. The second-order valence-corrected chi connectivity index (χ2v) is 10.1. The van der Waals surface area contributed by atoms with Crippen LogP contribution in [0.5, 0.6) is 0 Å². The van der Waals surface area contributed by atoms with E-state index in [4.69, 9.17) is 18.0 Å². The average Bonchev–Trinajstić information content (AvgIpc) is 3.04. The summed E-state index contributed by atoms with van der Waals surface area (Å²) in [5.74, 6) is -0.779. The molecule has 1 aliphatic rings. The molecular formula is C21H24N4O4S2. The predicted molar refractivity (Wildman–Crippen MR) is 125 cm³/mol. The number of thiophene rings is 1. The Balaban J connectivity index is 1.81. The molecule has 0 fully saturated rings. The number of hydrogen-bond acceptors (Lipinski definition) is 6. The molecule has 1 aliphatic carbocycles. The molecule has 1 aromatic carbocycles. The zero-order valence-electron chi connectivity index (χ0n) is 17.5. The van der Waals surface area contributed by atoms with Gasteiger partial charge in [0.2, 0.25) is 0 Å². The molecule has 2 amide bonds. The third-order valence-corrected chi connectivity index (χ3v) is 6.91. The number of nitro benzene ring substituents is 1. The van der Waals surface area contributed by atoms with Crippen LogP contribution in [0.15, 0.2) is 24.3 Å². The van der Waals surface area contributed by atoms with E-state index < -0.39 is 16.7 Å². The lowest BCUT2D eigenvalue weighted by Crippen LogP contribution is -2.34. The van der Waals surface area contributed by atoms with E-state index in [0.717, 1.165) is 29.7 Å². The fraction of sp³-hybridized carbons (Fsp3) is 0.381. The van der Waals surface area contributed by atoms with Crippen LogP contribution in [-0.4, -0.2) is 21.9 Å². The highest BCUT2D eigenvalue weighted by Crippen LogP contribution is 2.44. The van der Waals surface area contributed by atoms with Gasteiger partial charge in [-0.05, 0) is 54.4 Å². The third kappa shape index (κ3) is 4.91. The Hall–Kier alpha value is -2.85. The van der Waals surface area contributed by atoms with Gasteiger partial charge in [-0.25, -0.2) is 0 Å². The number of amides is 2. The molecule has 31 heavy (non-hydrogen) atoms. The molecule has 2 aromatic rings. The van der Waals surface area contributed by atoms with Crippen molar-refractivity contribution in [1.82, 2.24) is 5.32 Å². The van der Waals surface area contributed by atoms with Crippen molar-refractivity contribution in [3.05, 3.63) is 55.9 Å². The molecule has 3 rings (SSSR count). The molecule has 1 atom stereocenters. The van der Waals surface area contributed by atoms with Crippen LogP contribution in [0.4, 0.5) is 10.7 Å². The van der Waals surface area contributed by atoms with E-state index in [9.17, 15) is 19.7 Å². The van der Waals surface area contributed by atoms with Crippen LogP contribution in [0, 0.1) is 21.4 Å². The Morgan fingerprint density at radius 1 is 1.29 bits per heavy atom. The lowest BCUT2D eigenvalue weighted by molar-refractivity contribution is -0.385. The lowest BCUT2D eigenvalue weighted by Gasteiger charge is -2.33. The second kappa shape index (κ2) is 8.72. The Kier molecular flexibility index (Phi) is 6.42. The van der Waals surface area contributed by atoms with Gasteiger partial charge in [-0.2, -0.15) is 0 Å².